The van der Waals surface area contributed by atoms with E-state index in [4.69, 9.17) is 0 Å². The summed E-state index contributed by atoms with van der Waals surface area (Å²) in [7, 11) is 0. The molecule has 0 unspecified atom stereocenters. The van der Waals surface area contributed by atoms with Crippen molar-refractivity contribution < 1.29 is 9.59 Å². The van der Waals surface area contributed by atoms with Crippen LogP contribution in [0.25, 0.3) is 0 Å². The molecule has 23 heavy (non-hydrogen) atoms. The molecular formula is C15H16N4O3S. The topological polar surface area (TPSA) is 104 Å². The third-order valence-corrected chi connectivity index (χ3v) is 3.31. The van der Waals surface area contributed by atoms with Crippen LogP contribution in [0.1, 0.15) is 23.2 Å². The molecule has 0 bridgehead atoms. The summed E-state index contributed by atoms with van der Waals surface area (Å²) in [6.45, 7) is 1.40. The highest BCUT2D eigenvalue weighted by Gasteiger charge is 2.11. The maximum Gasteiger partial charge on any atom is 0.274 e. The lowest BCUT2D eigenvalue weighted by Gasteiger charge is -2.08. The molecule has 120 valence electrons. The SMILES string of the molecule is CSCc1nc(C(=O)Nc2cccc(NC(C)=O)c2)cc(=O)[nH]1. The summed E-state index contributed by atoms with van der Waals surface area (Å²) < 4.78 is 0. The van der Waals surface area contributed by atoms with Crippen molar-refractivity contribution in [3.8, 4) is 0 Å². The molecule has 0 aliphatic heterocycles. The van der Waals surface area contributed by atoms with Gasteiger partial charge >= 0.3 is 0 Å². The van der Waals surface area contributed by atoms with Crippen LogP contribution in [0.4, 0.5) is 11.4 Å². The van der Waals surface area contributed by atoms with Crippen LogP contribution >= 0.6 is 11.8 Å². The molecule has 0 aliphatic rings. The first-order valence-electron chi connectivity index (χ1n) is 6.76. The van der Waals surface area contributed by atoms with Crippen LogP contribution in [0.5, 0.6) is 0 Å². The predicted octanol–water partition coefficient (Wildman–Crippen LogP) is 1.84. The van der Waals surface area contributed by atoms with Gasteiger partial charge in [-0.1, -0.05) is 6.07 Å². The maximum absolute atomic E-state index is 12.2. The quantitative estimate of drug-likeness (QED) is 0.775. The number of nitrogens with zero attached hydrogens (tertiary/aromatic N) is 1. The third-order valence-electron chi connectivity index (χ3n) is 2.75. The van der Waals surface area contributed by atoms with Crippen molar-refractivity contribution >= 4 is 35.0 Å². The third kappa shape index (κ3) is 4.96. The second-order valence-electron chi connectivity index (χ2n) is 4.73. The number of carbonyl (C=O) groups excluding carboxylic acids is 2. The van der Waals surface area contributed by atoms with Gasteiger partial charge in [0, 0.05) is 24.4 Å². The average Bonchev–Trinajstić information content (AvgIpc) is 2.46. The molecule has 7 nitrogen and oxygen atoms in total. The highest BCUT2D eigenvalue weighted by atomic mass is 32.2. The van der Waals surface area contributed by atoms with E-state index in [-0.39, 0.29) is 17.2 Å². The number of anilines is 2. The number of rotatable bonds is 5. The Bertz CT molecular complexity index is 788. The fourth-order valence-electron chi connectivity index (χ4n) is 1.90. The highest BCUT2D eigenvalue weighted by Crippen LogP contribution is 2.15. The van der Waals surface area contributed by atoms with E-state index >= 15 is 0 Å². The molecule has 0 radical (unpaired) electrons. The van der Waals surface area contributed by atoms with Gasteiger partial charge in [0.25, 0.3) is 11.5 Å². The van der Waals surface area contributed by atoms with E-state index in [0.717, 1.165) is 6.07 Å². The van der Waals surface area contributed by atoms with Gasteiger partial charge in [0.1, 0.15) is 11.5 Å². The summed E-state index contributed by atoms with van der Waals surface area (Å²) >= 11 is 1.49. The van der Waals surface area contributed by atoms with Gasteiger partial charge in [-0.25, -0.2) is 4.98 Å². The molecule has 0 fully saturated rings. The lowest BCUT2D eigenvalue weighted by Crippen LogP contribution is -2.20. The molecule has 2 amide bonds. The molecule has 0 saturated carbocycles. The molecule has 0 aliphatic carbocycles. The molecular weight excluding hydrogens is 316 g/mol. The van der Waals surface area contributed by atoms with E-state index in [1.807, 2.05) is 6.26 Å². The van der Waals surface area contributed by atoms with E-state index in [0.29, 0.717) is 23.0 Å². The Kier molecular flexibility index (Phi) is 5.53. The Labute approximate surface area is 136 Å². The standard InChI is InChI=1S/C15H16N4O3S/c1-9(20)16-10-4-3-5-11(6-10)17-15(22)12-7-14(21)19-13(18-12)8-23-2/h3-7H,8H2,1-2H3,(H,16,20)(H,17,22)(H,18,19,21). The first kappa shape index (κ1) is 16.8. The van der Waals surface area contributed by atoms with Crippen LogP contribution in [0.3, 0.4) is 0 Å². The zero-order valence-electron chi connectivity index (χ0n) is 12.7. The molecule has 0 atom stereocenters. The molecule has 1 heterocycles. The van der Waals surface area contributed by atoms with E-state index in [9.17, 15) is 14.4 Å². The lowest BCUT2D eigenvalue weighted by molar-refractivity contribution is -0.114. The van der Waals surface area contributed by atoms with E-state index in [2.05, 4.69) is 20.6 Å². The minimum absolute atomic E-state index is 0.0442. The number of carbonyl (C=O) groups is 2. The number of benzene rings is 1. The minimum Gasteiger partial charge on any atom is -0.326 e. The van der Waals surface area contributed by atoms with Crippen molar-refractivity contribution in [1.82, 2.24) is 9.97 Å². The number of hydrogen-bond acceptors (Lipinski definition) is 5. The molecule has 0 spiro atoms. The van der Waals surface area contributed by atoms with Crippen LogP contribution in [-0.2, 0) is 10.5 Å². The van der Waals surface area contributed by atoms with Gasteiger partial charge in [-0.2, -0.15) is 11.8 Å². The molecule has 1 aromatic heterocycles. The van der Waals surface area contributed by atoms with Crippen molar-refractivity contribution in [1.29, 1.82) is 0 Å². The van der Waals surface area contributed by atoms with Gasteiger partial charge in [0.05, 0.1) is 5.75 Å². The first-order valence-corrected chi connectivity index (χ1v) is 8.15. The summed E-state index contributed by atoms with van der Waals surface area (Å²) in [5.74, 6) is 0.265. The Morgan fingerprint density at radius 3 is 2.57 bits per heavy atom. The fourth-order valence-corrected chi connectivity index (χ4v) is 2.31. The van der Waals surface area contributed by atoms with Gasteiger partial charge in [0.2, 0.25) is 5.91 Å². The average molecular weight is 332 g/mol. The largest absolute Gasteiger partial charge is 0.326 e. The zero-order chi connectivity index (χ0) is 16.8. The van der Waals surface area contributed by atoms with Crippen molar-refractivity contribution in [2.24, 2.45) is 0 Å². The molecule has 8 heteroatoms. The van der Waals surface area contributed by atoms with Gasteiger partial charge in [-0.05, 0) is 24.5 Å². The first-order chi connectivity index (χ1) is 11.0. The number of nitrogens with one attached hydrogen (secondary N) is 3. The monoisotopic (exact) mass is 332 g/mol. The Morgan fingerprint density at radius 2 is 1.91 bits per heavy atom. The van der Waals surface area contributed by atoms with Crippen molar-refractivity contribution in [3.05, 3.63) is 52.2 Å². The van der Waals surface area contributed by atoms with Crippen molar-refractivity contribution in [2.75, 3.05) is 16.9 Å². The zero-order valence-corrected chi connectivity index (χ0v) is 13.5. The summed E-state index contributed by atoms with van der Waals surface area (Å²) in [5.41, 5.74) is 0.732. The summed E-state index contributed by atoms with van der Waals surface area (Å²) in [6.07, 6.45) is 1.88. The van der Waals surface area contributed by atoms with E-state index < -0.39 is 5.91 Å². The van der Waals surface area contributed by atoms with Crippen LogP contribution in [0, 0.1) is 0 Å². The second kappa shape index (κ2) is 7.59. The van der Waals surface area contributed by atoms with Crippen molar-refractivity contribution in [3.63, 3.8) is 0 Å². The molecule has 2 rings (SSSR count). The highest BCUT2D eigenvalue weighted by molar-refractivity contribution is 7.97. The predicted molar refractivity (Wildman–Crippen MR) is 90.8 cm³/mol. The van der Waals surface area contributed by atoms with Gasteiger partial charge in [0.15, 0.2) is 0 Å². The van der Waals surface area contributed by atoms with Crippen LogP contribution in [-0.4, -0.2) is 28.0 Å². The molecule has 2 aromatic rings. The van der Waals surface area contributed by atoms with Crippen LogP contribution in [0.2, 0.25) is 0 Å². The Balaban J connectivity index is 2.19. The minimum atomic E-state index is -0.488. The Morgan fingerprint density at radius 1 is 1.22 bits per heavy atom. The van der Waals surface area contributed by atoms with Crippen LogP contribution < -0.4 is 16.2 Å². The number of aromatic nitrogens is 2. The Hall–Kier alpha value is -2.61. The fraction of sp³-hybridized carbons (Fsp3) is 0.200. The molecule has 0 saturated heterocycles. The number of amides is 2. The van der Waals surface area contributed by atoms with Crippen molar-refractivity contribution in [2.45, 2.75) is 12.7 Å². The summed E-state index contributed by atoms with van der Waals surface area (Å²) in [6, 6.07) is 7.86. The molecule has 3 N–H and O–H groups in total. The second-order valence-corrected chi connectivity index (χ2v) is 5.59. The van der Waals surface area contributed by atoms with E-state index in [1.54, 1.807) is 24.3 Å². The van der Waals surface area contributed by atoms with Gasteiger partial charge in [-0.3, -0.25) is 14.4 Å². The van der Waals surface area contributed by atoms with Gasteiger partial charge in [-0.15, -0.1) is 0 Å². The number of H-pyrrole nitrogens is 1. The summed E-state index contributed by atoms with van der Waals surface area (Å²) in [4.78, 5) is 41.6. The number of hydrogen-bond donors (Lipinski definition) is 3. The maximum atomic E-state index is 12.2. The van der Waals surface area contributed by atoms with Gasteiger partial charge < -0.3 is 15.6 Å². The lowest BCUT2D eigenvalue weighted by atomic mass is 10.2. The van der Waals surface area contributed by atoms with Crippen LogP contribution in [0.15, 0.2) is 35.1 Å². The molecule has 1 aromatic carbocycles. The smallest absolute Gasteiger partial charge is 0.274 e. The summed E-state index contributed by atoms with van der Waals surface area (Å²) in [5, 5.41) is 5.29. The van der Waals surface area contributed by atoms with E-state index in [1.165, 1.54) is 18.7 Å². The number of thioether (sulfide) groups is 1. The number of aromatic amines is 1. The normalized spacial score (nSPS) is 10.2.